The highest BCUT2D eigenvalue weighted by molar-refractivity contribution is 5.94. The van der Waals surface area contributed by atoms with Crippen molar-refractivity contribution < 1.29 is 29.4 Å². The van der Waals surface area contributed by atoms with Crippen LogP contribution in [-0.2, 0) is 25.6 Å². The van der Waals surface area contributed by atoms with Gasteiger partial charge in [0.2, 0.25) is 17.7 Å². The van der Waals surface area contributed by atoms with Crippen LogP contribution in [0.4, 0.5) is 0 Å². The van der Waals surface area contributed by atoms with Gasteiger partial charge in [0.15, 0.2) is 0 Å². The topological polar surface area (TPSA) is 148 Å². The molecule has 10 heteroatoms. The number of benzene rings is 3. The maximum Gasteiger partial charge on any atom is 0.290 e. The summed E-state index contributed by atoms with van der Waals surface area (Å²) >= 11 is 0. The molecule has 0 bridgehead atoms. The number of carbonyl (C=O) groups is 4. The van der Waals surface area contributed by atoms with Gasteiger partial charge < -0.3 is 31.1 Å². The minimum atomic E-state index is -0.911. The number of nitrogens with one attached hydrogen (secondary N) is 3. The van der Waals surface area contributed by atoms with Crippen LogP contribution in [0.15, 0.2) is 91.0 Å². The second-order valence-electron chi connectivity index (χ2n) is 11.4. The van der Waals surface area contributed by atoms with E-state index in [0.717, 1.165) is 16.7 Å². The van der Waals surface area contributed by atoms with Gasteiger partial charge in [0.05, 0.1) is 12.1 Å². The Balaban J connectivity index is 0.00000148. The Morgan fingerprint density at radius 3 is 1.96 bits per heavy atom. The number of hydrogen-bond acceptors (Lipinski definition) is 6. The van der Waals surface area contributed by atoms with Gasteiger partial charge in [-0.3, -0.25) is 19.2 Å². The standard InChI is InChI=1S/C34H40N4O4.CH2O2/c1-35-28(21-23-11-5-2-6-12-23)32(40)37-31-26(22-39)17-18-27-19-20-29(38(27)34(31)42)33(41)36-30(24-13-7-3-8-14-24)25-15-9-4-10-16-25;2-1-3/h2-16,26-31,35,39H,17-22H2,1H3,(H,36,41)(H,37,40);1H,(H,2,3)/t26-,27+,28-,29+,31+;/m1./s1. The lowest BCUT2D eigenvalue weighted by Gasteiger charge is -2.33. The Labute approximate surface area is 263 Å². The van der Waals surface area contributed by atoms with Crippen molar-refractivity contribution in [3.8, 4) is 0 Å². The Morgan fingerprint density at radius 2 is 1.42 bits per heavy atom. The lowest BCUT2D eigenvalue weighted by molar-refractivity contribution is -0.144. The second-order valence-corrected chi connectivity index (χ2v) is 11.4. The van der Waals surface area contributed by atoms with Crippen molar-refractivity contribution in [3.63, 3.8) is 0 Å². The minimum absolute atomic E-state index is 0.111. The van der Waals surface area contributed by atoms with Crippen LogP contribution >= 0.6 is 0 Å². The van der Waals surface area contributed by atoms with Crippen molar-refractivity contribution in [1.29, 1.82) is 0 Å². The third kappa shape index (κ3) is 8.34. The van der Waals surface area contributed by atoms with E-state index in [1.165, 1.54) is 0 Å². The number of likely N-dealkylation sites (N-methyl/N-ethyl adjacent to an activating group) is 1. The van der Waals surface area contributed by atoms with Gasteiger partial charge in [-0.15, -0.1) is 0 Å². The van der Waals surface area contributed by atoms with Gasteiger partial charge in [-0.05, 0) is 55.8 Å². The van der Waals surface area contributed by atoms with E-state index in [2.05, 4.69) is 16.0 Å². The molecule has 2 saturated heterocycles. The van der Waals surface area contributed by atoms with Crippen LogP contribution in [0.2, 0.25) is 0 Å². The number of amides is 3. The van der Waals surface area contributed by atoms with Gasteiger partial charge in [0, 0.05) is 18.6 Å². The van der Waals surface area contributed by atoms with Crippen LogP contribution in [0, 0.1) is 5.92 Å². The average molecular weight is 615 g/mol. The number of hydrogen-bond donors (Lipinski definition) is 5. The highest BCUT2D eigenvalue weighted by atomic mass is 16.3. The third-order valence-corrected chi connectivity index (χ3v) is 8.70. The molecule has 2 aliphatic heterocycles. The molecular weight excluding hydrogens is 572 g/mol. The molecule has 5 rings (SSSR count). The molecule has 0 unspecified atom stereocenters. The van der Waals surface area contributed by atoms with Crippen LogP contribution in [0.3, 0.4) is 0 Å². The lowest BCUT2D eigenvalue weighted by Crippen LogP contribution is -2.59. The van der Waals surface area contributed by atoms with E-state index in [1.54, 1.807) is 11.9 Å². The molecule has 0 saturated carbocycles. The highest BCUT2D eigenvalue weighted by Crippen LogP contribution is 2.35. The SMILES string of the molecule is CN[C@H](Cc1ccccc1)C(=O)N[C@@H]1C(=O)N2[C@@H](CC[C@@H]1CO)CC[C@H]2C(=O)NC(c1ccccc1)c1ccccc1.O=CO. The largest absolute Gasteiger partial charge is 0.483 e. The molecule has 0 spiro atoms. The van der Waals surface area contributed by atoms with E-state index in [1.807, 2.05) is 91.0 Å². The third-order valence-electron chi connectivity index (χ3n) is 8.70. The predicted octanol–water partition coefficient (Wildman–Crippen LogP) is 2.67. The average Bonchev–Trinajstić information content (AvgIpc) is 3.46. The maximum absolute atomic E-state index is 14.1. The fourth-order valence-electron chi connectivity index (χ4n) is 6.39. The molecule has 0 radical (unpaired) electrons. The molecule has 3 amide bonds. The normalized spacial score (nSPS) is 21.5. The van der Waals surface area contributed by atoms with Gasteiger partial charge >= 0.3 is 0 Å². The Hall–Kier alpha value is -4.54. The molecule has 0 aliphatic carbocycles. The van der Waals surface area contributed by atoms with Crippen LogP contribution in [0.1, 0.15) is 48.4 Å². The smallest absolute Gasteiger partial charge is 0.290 e. The zero-order chi connectivity index (χ0) is 32.2. The number of fused-ring (bicyclic) bond motifs is 1. The first-order valence-electron chi connectivity index (χ1n) is 15.3. The van der Waals surface area contributed by atoms with Crippen LogP contribution in [0.5, 0.6) is 0 Å². The first-order valence-corrected chi connectivity index (χ1v) is 15.3. The molecule has 5 atom stereocenters. The summed E-state index contributed by atoms with van der Waals surface area (Å²) in [4.78, 5) is 51.5. The fraction of sp³-hybridized carbons (Fsp3) is 0.371. The fourth-order valence-corrected chi connectivity index (χ4v) is 6.39. The van der Waals surface area contributed by atoms with Crippen LogP contribution in [-0.4, -0.2) is 77.1 Å². The number of carboxylic acid groups (broad SMARTS) is 1. The van der Waals surface area contributed by atoms with E-state index in [0.29, 0.717) is 32.1 Å². The number of rotatable bonds is 10. The maximum atomic E-state index is 14.1. The Kier molecular flexibility index (Phi) is 12.2. The van der Waals surface area contributed by atoms with Gasteiger partial charge in [-0.2, -0.15) is 0 Å². The number of aliphatic hydroxyl groups is 1. The van der Waals surface area contributed by atoms with Gasteiger partial charge in [-0.25, -0.2) is 0 Å². The van der Waals surface area contributed by atoms with E-state index in [4.69, 9.17) is 9.90 Å². The first-order chi connectivity index (χ1) is 21.9. The first kappa shape index (κ1) is 33.4. The summed E-state index contributed by atoms with van der Waals surface area (Å²) in [5, 5.41) is 26.4. The molecule has 2 fully saturated rings. The van der Waals surface area contributed by atoms with Crippen molar-refractivity contribution in [2.45, 2.75) is 62.3 Å². The molecule has 3 aromatic carbocycles. The summed E-state index contributed by atoms with van der Waals surface area (Å²) in [6.45, 7) is -0.471. The highest BCUT2D eigenvalue weighted by Gasteiger charge is 2.48. The van der Waals surface area contributed by atoms with E-state index >= 15 is 0 Å². The molecule has 2 heterocycles. The quantitative estimate of drug-likeness (QED) is 0.221. The molecule has 3 aromatic rings. The number of carbonyl (C=O) groups excluding carboxylic acids is 3. The van der Waals surface area contributed by atoms with E-state index in [-0.39, 0.29) is 42.9 Å². The monoisotopic (exact) mass is 614 g/mol. The van der Waals surface area contributed by atoms with Crippen molar-refractivity contribution in [2.24, 2.45) is 5.92 Å². The minimum Gasteiger partial charge on any atom is -0.483 e. The molecular formula is C35H42N4O6. The molecule has 238 valence electrons. The zero-order valence-electron chi connectivity index (χ0n) is 25.4. The van der Waals surface area contributed by atoms with E-state index < -0.39 is 24.0 Å². The Morgan fingerprint density at radius 1 is 0.889 bits per heavy atom. The summed E-state index contributed by atoms with van der Waals surface area (Å²) in [5.74, 6) is -1.24. The summed E-state index contributed by atoms with van der Waals surface area (Å²) in [7, 11) is 1.72. The summed E-state index contributed by atoms with van der Waals surface area (Å²) < 4.78 is 0. The summed E-state index contributed by atoms with van der Waals surface area (Å²) in [5.41, 5.74) is 2.91. The molecule has 2 aliphatic rings. The lowest BCUT2D eigenvalue weighted by atomic mass is 9.93. The van der Waals surface area contributed by atoms with Gasteiger partial charge in [-0.1, -0.05) is 91.0 Å². The molecule has 0 aromatic heterocycles. The number of nitrogens with zero attached hydrogens (tertiary/aromatic N) is 1. The van der Waals surface area contributed by atoms with Crippen molar-refractivity contribution in [3.05, 3.63) is 108 Å². The van der Waals surface area contributed by atoms with Crippen molar-refractivity contribution >= 4 is 24.2 Å². The zero-order valence-corrected chi connectivity index (χ0v) is 25.4. The summed E-state index contributed by atoms with van der Waals surface area (Å²) in [6, 6.07) is 26.7. The van der Waals surface area contributed by atoms with Gasteiger partial charge in [0.1, 0.15) is 12.1 Å². The van der Waals surface area contributed by atoms with Crippen LogP contribution < -0.4 is 16.0 Å². The molecule has 45 heavy (non-hydrogen) atoms. The van der Waals surface area contributed by atoms with Crippen molar-refractivity contribution in [1.82, 2.24) is 20.9 Å². The Bertz CT molecular complexity index is 1350. The number of aliphatic hydroxyl groups excluding tert-OH is 1. The molecule has 5 N–H and O–H groups in total. The predicted molar refractivity (Wildman–Crippen MR) is 170 cm³/mol. The van der Waals surface area contributed by atoms with Crippen LogP contribution in [0.25, 0.3) is 0 Å². The van der Waals surface area contributed by atoms with Gasteiger partial charge in [0.25, 0.3) is 6.47 Å². The second kappa shape index (κ2) is 16.5. The van der Waals surface area contributed by atoms with E-state index in [9.17, 15) is 19.5 Å². The van der Waals surface area contributed by atoms with Crippen molar-refractivity contribution in [2.75, 3.05) is 13.7 Å². The summed E-state index contributed by atoms with van der Waals surface area (Å²) in [6.07, 6.45) is 2.98. The molecule has 10 nitrogen and oxygen atoms in total.